The topological polar surface area (TPSA) is 157 Å². The number of carbonyl (C=O) groups is 1. The predicted molar refractivity (Wildman–Crippen MR) is 145 cm³/mol. The average Bonchev–Trinajstić information content (AvgIpc) is 2.93. The summed E-state index contributed by atoms with van der Waals surface area (Å²) in [5, 5.41) is 21.3. The van der Waals surface area contributed by atoms with Gasteiger partial charge in [0.1, 0.15) is 6.61 Å². The maximum atomic E-state index is 13.5. The first-order chi connectivity index (χ1) is 18.3. The minimum atomic E-state index is -1.14. The van der Waals surface area contributed by atoms with Crippen LogP contribution in [0.15, 0.2) is 60.7 Å². The van der Waals surface area contributed by atoms with E-state index in [0.29, 0.717) is 32.2 Å². The number of benzene rings is 2. The highest BCUT2D eigenvalue weighted by molar-refractivity contribution is 5.68. The van der Waals surface area contributed by atoms with E-state index in [1.54, 1.807) is 4.90 Å². The van der Waals surface area contributed by atoms with Gasteiger partial charge in [0, 0.05) is 30.6 Å². The van der Waals surface area contributed by atoms with Crippen molar-refractivity contribution in [3.05, 3.63) is 71.8 Å². The molecular formula is C29H42N4O5. The normalized spacial score (nSPS) is 32.4. The molecule has 2 aromatic rings. The molecule has 9 nitrogen and oxygen atoms in total. The molecule has 9 atom stereocenters. The van der Waals surface area contributed by atoms with Gasteiger partial charge in [-0.05, 0) is 36.8 Å². The molecule has 1 saturated heterocycles. The summed E-state index contributed by atoms with van der Waals surface area (Å²) in [5.41, 5.74) is 20.8. The number of aliphatic hydroxyl groups excluding tert-OH is 2. The SMILES string of the molecule is CC[C@@H]([C@@H]1CC[C@@H](N)[C@@H](C2[C@@H](N)C[C@@H](N)[C@H](O)[C@H]2O)O1)N(Cc1ccccc1)C(=O)OCc1ccccc1. The third-order valence-electron chi connectivity index (χ3n) is 8.02. The van der Waals surface area contributed by atoms with Crippen LogP contribution < -0.4 is 17.2 Å². The Morgan fingerprint density at radius 2 is 1.58 bits per heavy atom. The van der Waals surface area contributed by atoms with Gasteiger partial charge in [-0.25, -0.2) is 4.79 Å². The van der Waals surface area contributed by atoms with Crippen LogP contribution in [0.2, 0.25) is 0 Å². The first kappa shape index (κ1) is 28.5. The molecule has 1 unspecified atom stereocenters. The van der Waals surface area contributed by atoms with E-state index in [-0.39, 0.29) is 24.8 Å². The van der Waals surface area contributed by atoms with Crippen LogP contribution in [0.5, 0.6) is 0 Å². The first-order valence-corrected chi connectivity index (χ1v) is 13.6. The van der Waals surface area contributed by atoms with Crippen LogP contribution >= 0.6 is 0 Å². The smallest absolute Gasteiger partial charge is 0.410 e. The molecule has 1 heterocycles. The predicted octanol–water partition coefficient (Wildman–Crippen LogP) is 1.88. The van der Waals surface area contributed by atoms with E-state index < -0.39 is 42.4 Å². The van der Waals surface area contributed by atoms with Crippen LogP contribution in [0.1, 0.15) is 43.7 Å². The number of nitrogens with two attached hydrogens (primary N) is 3. The maximum absolute atomic E-state index is 13.5. The number of aliphatic hydroxyl groups is 2. The third-order valence-corrected chi connectivity index (χ3v) is 8.02. The highest BCUT2D eigenvalue weighted by Gasteiger charge is 2.49. The van der Waals surface area contributed by atoms with Crippen LogP contribution in [-0.4, -0.2) is 69.8 Å². The molecule has 8 N–H and O–H groups in total. The molecule has 4 rings (SSSR count). The number of hydrogen-bond donors (Lipinski definition) is 5. The van der Waals surface area contributed by atoms with Gasteiger partial charge in [0.05, 0.1) is 30.5 Å². The fourth-order valence-electron chi connectivity index (χ4n) is 5.92. The molecule has 38 heavy (non-hydrogen) atoms. The molecule has 9 heteroatoms. The number of rotatable bonds is 8. The second-order valence-corrected chi connectivity index (χ2v) is 10.6. The Kier molecular flexibility index (Phi) is 9.75. The molecule has 0 radical (unpaired) electrons. The van der Waals surface area contributed by atoms with E-state index in [0.717, 1.165) is 11.1 Å². The minimum Gasteiger partial charge on any atom is -0.445 e. The molecule has 1 amide bonds. The van der Waals surface area contributed by atoms with Gasteiger partial charge in [0.15, 0.2) is 0 Å². The molecule has 0 spiro atoms. The molecule has 2 fully saturated rings. The summed E-state index contributed by atoms with van der Waals surface area (Å²) < 4.78 is 12.3. The standard InChI is InChI=1S/C29H42N4O5/c1-2-23(24-14-13-20(30)28(38-24)25-21(31)15-22(32)26(34)27(25)35)33(16-18-9-5-3-6-10-18)29(36)37-17-19-11-7-4-8-12-19/h3-12,20-28,34-35H,2,13-17,30-32H2,1H3/t20-,21+,22-,23+,24+,25?,26+,27+,28+/m1/s1. The summed E-state index contributed by atoms with van der Waals surface area (Å²) in [6.07, 6.45) is -1.29. The van der Waals surface area contributed by atoms with Crippen molar-refractivity contribution in [3.8, 4) is 0 Å². The molecule has 0 aromatic heterocycles. The lowest BCUT2D eigenvalue weighted by Gasteiger charge is -2.49. The second-order valence-electron chi connectivity index (χ2n) is 10.6. The van der Waals surface area contributed by atoms with Crippen molar-refractivity contribution in [2.24, 2.45) is 23.1 Å². The van der Waals surface area contributed by atoms with Crippen molar-refractivity contribution in [1.82, 2.24) is 4.90 Å². The summed E-state index contributed by atoms with van der Waals surface area (Å²) in [7, 11) is 0. The summed E-state index contributed by atoms with van der Waals surface area (Å²) >= 11 is 0. The molecule has 208 valence electrons. The summed E-state index contributed by atoms with van der Waals surface area (Å²) in [6, 6.07) is 17.6. The maximum Gasteiger partial charge on any atom is 0.410 e. The van der Waals surface area contributed by atoms with Crippen molar-refractivity contribution in [3.63, 3.8) is 0 Å². The molecule has 0 bridgehead atoms. The zero-order chi connectivity index (χ0) is 27.2. The third kappa shape index (κ3) is 6.54. The van der Waals surface area contributed by atoms with E-state index in [4.69, 9.17) is 26.7 Å². The Labute approximate surface area is 224 Å². The Bertz CT molecular complexity index is 1010. The lowest BCUT2D eigenvalue weighted by atomic mass is 9.72. The highest BCUT2D eigenvalue weighted by atomic mass is 16.6. The summed E-state index contributed by atoms with van der Waals surface area (Å²) in [4.78, 5) is 15.2. The van der Waals surface area contributed by atoms with Crippen LogP contribution in [-0.2, 0) is 22.6 Å². The summed E-state index contributed by atoms with van der Waals surface area (Å²) in [6.45, 7) is 2.55. The molecule has 1 aliphatic heterocycles. The second kappa shape index (κ2) is 13.0. The lowest BCUT2D eigenvalue weighted by Crippen LogP contribution is -2.66. The van der Waals surface area contributed by atoms with E-state index in [1.165, 1.54) is 0 Å². The van der Waals surface area contributed by atoms with Gasteiger partial charge in [-0.15, -0.1) is 0 Å². The Morgan fingerprint density at radius 3 is 2.21 bits per heavy atom. The van der Waals surface area contributed by atoms with Crippen LogP contribution in [0, 0.1) is 5.92 Å². The van der Waals surface area contributed by atoms with E-state index in [9.17, 15) is 15.0 Å². The lowest BCUT2D eigenvalue weighted by molar-refractivity contribution is -0.165. The Morgan fingerprint density at radius 1 is 0.947 bits per heavy atom. The van der Waals surface area contributed by atoms with Gasteiger partial charge < -0.3 is 36.9 Å². The molecule has 2 aromatic carbocycles. The van der Waals surface area contributed by atoms with Gasteiger partial charge in [-0.2, -0.15) is 0 Å². The molecular weight excluding hydrogens is 484 g/mol. The zero-order valence-electron chi connectivity index (χ0n) is 22.0. The number of nitrogens with zero attached hydrogens (tertiary/aromatic N) is 1. The molecule has 1 saturated carbocycles. The Balaban J connectivity index is 1.55. The molecule has 1 aliphatic carbocycles. The summed E-state index contributed by atoms with van der Waals surface area (Å²) in [5.74, 6) is -0.562. The largest absolute Gasteiger partial charge is 0.445 e. The van der Waals surface area contributed by atoms with Crippen LogP contribution in [0.4, 0.5) is 4.79 Å². The van der Waals surface area contributed by atoms with Crippen molar-refractivity contribution in [1.29, 1.82) is 0 Å². The average molecular weight is 527 g/mol. The minimum absolute atomic E-state index is 0.168. The fourth-order valence-corrected chi connectivity index (χ4v) is 5.92. The quantitative estimate of drug-likeness (QED) is 0.349. The fraction of sp³-hybridized carbons (Fsp3) is 0.552. The highest BCUT2D eigenvalue weighted by Crippen LogP contribution is 2.35. The first-order valence-electron chi connectivity index (χ1n) is 13.6. The van der Waals surface area contributed by atoms with Crippen molar-refractivity contribution < 1.29 is 24.5 Å². The number of hydrogen-bond acceptors (Lipinski definition) is 8. The monoisotopic (exact) mass is 526 g/mol. The van der Waals surface area contributed by atoms with Gasteiger partial charge >= 0.3 is 6.09 Å². The van der Waals surface area contributed by atoms with Gasteiger partial charge in [-0.1, -0.05) is 67.6 Å². The van der Waals surface area contributed by atoms with E-state index in [2.05, 4.69) is 0 Å². The van der Waals surface area contributed by atoms with Crippen molar-refractivity contribution in [2.45, 2.75) is 94.3 Å². The van der Waals surface area contributed by atoms with E-state index in [1.807, 2.05) is 67.6 Å². The number of amides is 1. The van der Waals surface area contributed by atoms with Crippen LogP contribution in [0.25, 0.3) is 0 Å². The van der Waals surface area contributed by atoms with Gasteiger partial charge in [-0.3, -0.25) is 4.90 Å². The molecule has 2 aliphatic rings. The Hall–Kier alpha value is -2.53. The van der Waals surface area contributed by atoms with Crippen LogP contribution in [0.3, 0.4) is 0 Å². The number of carbonyl (C=O) groups excluding carboxylic acids is 1. The van der Waals surface area contributed by atoms with Gasteiger partial charge in [0.2, 0.25) is 0 Å². The number of ether oxygens (including phenoxy) is 2. The van der Waals surface area contributed by atoms with Crippen molar-refractivity contribution >= 4 is 6.09 Å². The van der Waals surface area contributed by atoms with E-state index >= 15 is 0 Å². The zero-order valence-corrected chi connectivity index (χ0v) is 22.0. The van der Waals surface area contributed by atoms with Crippen molar-refractivity contribution in [2.75, 3.05) is 0 Å². The van der Waals surface area contributed by atoms with Gasteiger partial charge in [0.25, 0.3) is 0 Å².